The molecule has 5 heteroatoms. The highest BCUT2D eigenvalue weighted by Gasteiger charge is 2.59. The molecule has 2 heterocycles. The van der Waals surface area contributed by atoms with Crippen LogP contribution in [0.2, 0.25) is 0 Å². The second-order valence-corrected chi connectivity index (χ2v) is 8.36. The van der Waals surface area contributed by atoms with E-state index in [4.69, 9.17) is 0 Å². The number of hydrogen-bond acceptors (Lipinski definition) is 3. The van der Waals surface area contributed by atoms with Gasteiger partial charge < -0.3 is 4.57 Å². The fourth-order valence-corrected chi connectivity index (χ4v) is 5.42. The number of hydrogen-bond donors (Lipinski definition) is 0. The number of carbonyl (C=O) groups excluding carboxylic acids is 2. The van der Waals surface area contributed by atoms with E-state index in [9.17, 15) is 9.59 Å². The number of anilines is 1. The van der Waals surface area contributed by atoms with Crippen molar-refractivity contribution in [1.29, 1.82) is 0 Å². The molecule has 4 atom stereocenters. The fraction of sp³-hybridized carbons (Fsp3) is 0.292. The summed E-state index contributed by atoms with van der Waals surface area (Å²) in [7, 11) is 0. The molecule has 0 N–H and O–H groups in total. The zero-order valence-electron chi connectivity index (χ0n) is 15.9. The highest BCUT2D eigenvalue weighted by Crippen LogP contribution is 2.53. The molecule has 1 saturated heterocycles. The van der Waals surface area contributed by atoms with Gasteiger partial charge in [0.05, 0.1) is 34.9 Å². The summed E-state index contributed by atoms with van der Waals surface area (Å²) in [5.41, 5.74) is 3.77. The van der Waals surface area contributed by atoms with E-state index < -0.39 is 0 Å². The first-order valence-corrected chi connectivity index (χ1v) is 10.3. The van der Waals surface area contributed by atoms with Gasteiger partial charge in [0.1, 0.15) is 0 Å². The monoisotopic (exact) mass is 383 g/mol. The number of carbonyl (C=O) groups is 2. The molecule has 3 aromatic rings. The largest absolute Gasteiger partial charge is 0.330 e. The van der Waals surface area contributed by atoms with Crippen LogP contribution in [-0.2, 0) is 22.6 Å². The standard InChI is InChI=1S/C24H21N3O2/c28-23-21-16-6-7-17(12-16)22(21)24(29)27(23)18-8-9-20-19(13-18)25-14-26(20)11-10-15-4-2-1-3-5-15/h1-9,13-14,16-17,21-22H,10-12H2/t16-,17+,21-,22-/m0/s1. The molecule has 2 aromatic carbocycles. The number of imidazole rings is 1. The molecule has 0 radical (unpaired) electrons. The second kappa shape index (κ2) is 6.14. The van der Waals surface area contributed by atoms with Crippen LogP contribution in [0.3, 0.4) is 0 Å². The first kappa shape index (κ1) is 16.7. The van der Waals surface area contributed by atoms with Crippen LogP contribution >= 0.6 is 0 Å². The molecule has 29 heavy (non-hydrogen) atoms. The van der Waals surface area contributed by atoms with Crippen molar-refractivity contribution in [3.8, 4) is 0 Å². The Morgan fingerprint density at radius 1 is 0.931 bits per heavy atom. The molecular formula is C24H21N3O2. The van der Waals surface area contributed by atoms with Crippen LogP contribution in [0.4, 0.5) is 5.69 Å². The van der Waals surface area contributed by atoms with Crippen LogP contribution in [-0.4, -0.2) is 21.4 Å². The van der Waals surface area contributed by atoms with Gasteiger partial charge in [-0.25, -0.2) is 9.88 Å². The van der Waals surface area contributed by atoms with Crippen molar-refractivity contribution in [2.45, 2.75) is 19.4 Å². The van der Waals surface area contributed by atoms with Crippen LogP contribution in [0, 0.1) is 23.7 Å². The molecule has 1 saturated carbocycles. The number of aromatic nitrogens is 2. The highest BCUT2D eigenvalue weighted by molar-refractivity contribution is 6.23. The Kier molecular flexibility index (Phi) is 3.54. The molecule has 1 aromatic heterocycles. The summed E-state index contributed by atoms with van der Waals surface area (Å²) in [6, 6.07) is 16.1. The molecule has 2 bridgehead atoms. The summed E-state index contributed by atoms with van der Waals surface area (Å²) in [5, 5.41) is 0. The summed E-state index contributed by atoms with van der Waals surface area (Å²) >= 11 is 0. The minimum absolute atomic E-state index is 0.0419. The first-order chi connectivity index (χ1) is 14.2. The minimum atomic E-state index is -0.170. The molecule has 2 amide bonds. The van der Waals surface area contributed by atoms with Gasteiger partial charge in [0.2, 0.25) is 11.8 Å². The Bertz CT molecular complexity index is 1130. The van der Waals surface area contributed by atoms with Crippen LogP contribution in [0.5, 0.6) is 0 Å². The maximum Gasteiger partial charge on any atom is 0.238 e. The maximum atomic E-state index is 13.0. The van der Waals surface area contributed by atoms with Gasteiger partial charge in [-0.05, 0) is 48.4 Å². The zero-order valence-corrected chi connectivity index (χ0v) is 15.9. The van der Waals surface area contributed by atoms with Crippen molar-refractivity contribution >= 4 is 28.5 Å². The van der Waals surface area contributed by atoms with Crippen molar-refractivity contribution in [2.24, 2.45) is 23.7 Å². The highest BCUT2D eigenvalue weighted by atomic mass is 16.2. The van der Waals surface area contributed by atoms with E-state index in [0.29, 0.717) is 5.69 Å². The number of amides is 2. The molecule has 2 aliphatic carbocycles. The van der Waals surface area contributed by atoms with Crippen LogP contribution < -0.4 is 4.90 Å². The van der Waals surface area contributed by atoms with Crippen molar-refractivity contribution in [3.05, 3.63) is 72.6 Å². The minimum Gasteiger partial charge on any atom is -0.330 e. The predicted molar refractivity (Wildman–Crippen MR) is 110 cm³/mol. The Labute approximate surface area is 168 Å². The fourth-order valence-electron chi connectivity index (χ4n) is 5.42. The predicted octanol–water partition coefficient (Wildman–Crippen LogP) is 3.59. The average molecular weight is 383 g/mol. The molecule has 5 nitrogen and oxygen atoms in total. The average Bonchev–Trinajstić information content (AvgIpc) is 3.50. The Hall–Kier alpha value is -3.21. The lowest BCUT2D eigenvalue weighted by Gasteiger charge is -2.17. The first-order valence-electron chi connectivity index (χ1n) is 10.3. The number of imide groups is 1. The number of fused-ring (bicyclic) bond motifs is 6. The van der Waals surface area contributed by atoms with E-state index in [1.165, 1.54) is 10.5 Å². The van der Waals surface area contributed by atoms with Gasteiger partial charge in [-0.15, -0.1) is 0 Å². The topological polar surface area (TPSA) is 55.2 Å². The van der Waals surface area contributed by atoms with Crippen molar-refractivity contribution in [1.82, 2.24) is 9.55 Å². The molecular weight excluding hydrogens is 362 g/mol. The summed E-state index contributed by atoms with van der Waals surface area (Å²) in [4.78, 5) is 32.0. The Balaban J connectivity index is 1.28. The van der Waals surface area contributed by atoms with Crippen molar-refractivity contribution in [3.63, 3.8) is 0 Å². The van der Waals surface area contributed by atoms with Gasteiger partial charge in [0, 0.05) is 6.54 Å². The van der Waals surface area contributed by atoms with Crippen LogP contribution in [0.1, 0.15) is 12.0 Å². The second-order valence-electron chi connectivity index (χ2n) is 8.36. The summed E-state index contributed by atoms with van der Waals surface area (Å²) in [6.45, 7) is 0.834. The van der Waals surface area contributed by atoms with E-state index in [2.05, 4.69) is 46.0 Å². The third kappa shape index (κ3) is 2.43. The Morgan fingerprint density at radius 3 is 2.38 bits per heavy atom. The van der Waals surface area contributed by atoms with Gasteiger partial charge >= 0.3 is 0 Å². The maximum absolute atomic E-state index is 13.0. The lowest BCUT2D eigenvalue weighted by atomic mass is 9.85. The molecule has 2 fully saturated rings. The third-order valence-electron chi connectivity index (χ3n) is 6.82. The summed E-state index contributed by atoms with van der Waals surface area (Å²) in [5.74, 6) is 0.0347. The van der Waals surface area contributed by atoms with E-state index in [1.807, 2.05) is 30.6 Å². The van der Waals surface area contributed by atoms with Gasteiger partial charge in [-0.2, -0.15) is 0 Å². The van der Waals surface area contributed by atoms with Gasteiger partial charge in [-0.1, -0.05) is 42.5 Å². The number of rotatable bonds is 4. The van der Waals surface area contributed by atoms with E-state index >= 15 is 0 Å². The van der Waals surface area contributed by atoms with E-state index in [0.717, 1.165) is 30.4 Å². The van der Waals surface area contributed by atoms with Gasteiger partial charge in [0.25, 0.3) is 0 Å². The molecule has 0 unspecified atom stereocenters. The van der Waals surface area contributed by atoms with Crippen LogP contribution in [0.25, 0.3) is 11.0 Å². The van der Waals surface area contributed by atoms with Crippen molar-refractivity contribution < 1.29 is 9.59 Å². The molecule has 0 spiro atoms. The van der Waals surface area contributed by atoms with E-state index in [1.54, 1.807) is 0 Å². The number of benzene rings is 2. The molecule has 144 valence electrons. The summed E-state index contributed by atoms with van der Waals surface area (Å²) < 4.78 is 2.12. The molecule has 1 aliphatic heterocycles. The van der Waals surface area contributed by atoms with E-state index in [-0.39, 0.29) is 35.5 Å². The van der Waals surface area contributed by atoms with Crippen molar-refractivity contribution in [2.75, 3.05) is 4.90 Å². The third-order valence-corrected chi connectivity index (χ3v) is 6.82. The van der Waals surface area contributed by atoms with Gasteiger partial charge in [-0.3, -0.25) is 9.59 Å². The lowest BCUT2D eigenvalue weighted by Crippen LogP contribution is -2.32. The molecule has 6 rings (SSSR count). The van der Waals surface area contributed by atoms with Gasteiger partial charge in [0.15, 0.2) is 0 Å². The smallest absolute Gasteiger partial charge is 0.238 e. The Morgan fingerprint density at radius 2 is 1.66 bits per heavy atom. The summed E-state index contributed by atoms with van der Waals surface area (Å²) in [6.07, 6.45) is 7.96. The zero-order chi connectivity index (χ0) is 19.5. The number of nitrogens with zero attached hydrogens (tertiary/aromatic N) is 3. The SMILES string of the molecule is O=C1[C@@H]2[C@@H](C(=O)N1c1ccc3c(c1)ncn3CCc1ccccc1)[C@H]1C=C[C@@H]2C1. The normalized spacial score (nSPS) is 27.4. The lowest BCUT2D eigenvalue weighted by molar-refractivity contribution is -0.123. The number of aryl methyl sites for hydroxylation is 2. The molecule has 3 aliphatic rings. The number of allylic oxidation sites excluding steroid dienone is 2. The van der Waals surface area contributed by atoms with Crippen LogP contribution in [0.15, 0.2) is 67.0 Å². The quantitative estimate of drug-likeness (QED) is 0.511.